The number of hydrogen-bond donors (Lipinski definition) is 2. The van der Waals surface area contributed by atoms with Gasteiger partial charge in [0.05, 0.1) is 11.3 Å². The van der Waals surface area contributed by atoms with Gasteiger partial charge in [0.2, 0.25) is 0 Å². The third-order valence-electron chi connectivity index (χ3n) is 5.04. The summed E-state index contributed by atoms with van der Waals surface area (Å²) in [4.78, 5) is 30.3. The second-order valence-corrected chi connectivity index (χ2v) is 7.38. The monoisotopic (exact) mass is 433 g/mol. The molecule has 2 N–H and O–H groups in total. The maximum atomic E-state index is 13.4. The van der Waals surface area contributed by atoms with Gasteiger partial charge in [0.15, 0.2) is 0 Å². The Balaban J connectivity index is 1.58. The van der Waals surface area contributed by atoms with E-state index in [0.717, 1.165) is 16.7 Å². The van der Waals surface area contributed by atoms with Crippen molar-refractivity contribution in [1.29, 1.82) is 0 Å². The van der Waals surface area contributed by atoms with Crippen LogP contribution in [0.5, 0.6) is 0 Å². The average Bonchev–Trinajstić information content (AvgIpc) is 2.88. The van der Waals surface area contributed by atoms with E-state index in [4.69, 9.17) is 0 Å². The van der Waals surface area contributed by atoms with Crippen LogP contribution in [0.25, 0.3) is 11.6 Å². The van der Waals surface area contributed by atoms with E-state index in [2.05, 4.69) is 15.6 Å². The van der Waals surface area contributed by atoms with Crippen molar-refractivity contribution in [2.24, 2.45) is 0 Å². The van der Waals surface area contributed by atoms with Gasteiger partial charge in [0.25, 0.3) is 11.8 Å². The van der Waals surface area contributed by atoms with Crippen LogP contribution >= 0.6 is 0 Å². The Kier molecular flexibility index (Phi) is 7.03. The molecule has 0 bridgehead atoms. The summed E-state index contributed by atoms with van der Waals surface area (Å²) >= 11 is 0. The summed E-state index contributed by atoms with van der Waals surface area (Å²) in [6.45, 7) is 0.345. The third-order valence-corrected chi connectivity index (χ3v) is 5.04. The van der Waals surface area contributed by atoms with Crippen molar-refractivity contribution in [2.75, 3.05) is 5.32 Å². The lowest BCUT2D eigenvalue weighted by atomic mass is 10.0. The van der Waals surface area contributed by atoms with Crippen molar-refractivity contribution in [1.82, 2.24) is 10.3 Å². The smallest absolute Gasteiger partial charge is 0.256 e. The van der Waals surface area contributed by atoms with E-state index in [9.17, 15) is 9.59 Å². The zero-order valence-corrected chi connectivity index (χ0v) is 17.9. The fraction of sp³-hybridized carbons (Fsp3) is 0.0357. The number of para-hydroxylation sites is 1. The summed E-state index contributed by atoms with van der Waals surface area (Å²) in [5.74, 6) is -0.569. The Morgan fingerprint density at radius 3 is 2.21 bits per heavy atom. The van der Waals surface area contributed by atoms with Crippen LogP contribution in [0.3, 0.4) is 0 Å². The molecule has 1 heterocycles. The molecule has 0 radical (unpaired) electrons. The molecule has 1 aromatic heterocycles. The Hall–Kier alpha value is -4.51. The normalized spacial score (nSPS) is 11.0. The number of benzene rings is 3. The van der Waals surface area contributed by atoms with Crippen molar-refractivity contribution in [3.8, 4) is 0 Å². The molecule has 3 aromatic carbocycles. The van der Waals surface area contributed by atoms with Crippen LogP contribution in [0, 0.1) is 0 Å². The van der Waals surface area contributed by atoms with Gasteiger partial charge >= 0.3 is 0 Å². The minimum Gasteiger partial charge on any atom is -0.348 e. The zero-order chi connectivity index (χ0) is 22.9. The van der Waals surface area contributed by atoms with Crippen molar-refractivity contribution in [2.45, 2.75) is 6.54 Å². The third kappa shape index (κ3) is 5.80. The number of aromatic nitrogens is 1. The molecule has 5 heteroatoms. The largest absolute Gasteiger partial charge is 0.348 e. The molecular formula is C28H23N3O2. The molecule has 2 amide bonds. The van der Waals surface area contributed by atoms with E-state index in [-0.39, 0.29) is 11.8 Å². The number of rotatable bonds is 7. The predicted molar refractivity (Wildman–Crippen MR) is 131 cm³/mol. The number of amides is 2. The minimum atomic E-state index is -0.294. The Morgan fingerprint density at radius 2 is 1.48 bits per heavy atom. The van der Waals surface area contributed by atoms with Crippen LogP contribution in [-0.2, 0) is 11.3 Å². The summed E-state index contributed by atoms with van der Waals surface area (Å²) in [5.41, 5.74) is 3.94. The fourth-order valence-electron chi connectivity index (χ4n) is 3.37. The van der Waals surface area contributed by atoms with E-state index in [1.165, 1.54) is 0 Å². The van der Waals surface area contributed by atoms with Gasteiger partial charge in [-0.25, -0.2) is 0 Å². The quantitative estimate of drug-likeness (QED) is 0.311. The molecule has 0 aliphatic carbocycles. The average molecular weight is 434 g/mol. The van der Waals surface area contributed by atoms with Crippen LogP contribution in [-0.4, -0.2) is 16.8 Å². The molecule has 0 aliphatic rings. The minimum absolute atomic E-state index is 0.275. The molecule has 162 valence electrons. The second-order valence-electron chi connectivity index (χ2n) is 7.38. The maximum Gasteiger partial charge on any atom is 0.256 e. The summed E-state index contributed by atoms with van der Waals surface area (Å²) in [7, 11) is 0. The highest BCUT2D eigenvalue weighted by Crippen LogP contribution is 2.22. The van der Waals surface area contributed by atoms with Gasteiger partial charge < -0.3 is 10.6 Å². The van der Waals surface area contributed by atoms with E-state index in [0.29, 0.717) is 23.4 Å². The number of carbonyl (C=O) groups is 2. The molecule has 0 atom stereocenters. The van der Waals surface area contributed by atoms with E-state index in [1.54, 1.807) is 36.7 Å². The molecule has 0 aliphatic heterocycles. The van der Waals surface area contributed by atoms with Gasteiger partial charge in [-0.1, -0.05) is 78.9 Å². The summed E-state index contributed by atoms with van der Waals surface area (Å²) in [6.07, 6.45) is 5.23. The molecule has 4 aromatic rings. The lowest BCUT2D eigenvalue weighted by Gasteiger charge is -2.13. The highest BCUT2D eigenvalue weighted by atomic mass is 16.2. The molecule has 0 saturated carbocycles. The van der Waals surface area contributed by atoms with E-state index < -0.39 is 0 Å². The van der Waals surface area contributed by atoms with Gasteiger partial charge in [0.1, 0.15) is 0 Å². The highest BCUT2D eigenvalue weighted by Gasteiger charge is 2.17. The number of carbonyl (C=O) groups excluding carboxylic acids is 2. The lowest BCUT2D eigenvalue weighted by Crippen LogP contribution is -2.25. The Bertz CT molecular complexity index is 1250. The molecule has 0 unspecified atom stereocenters. The van der Waals surface area contributed by atoms with Crippen molar-refractivity contribution >= 4 is 29.2 Å². The first kappa shape index (κ1) is 21.7. The molecule has 0 spiro atoms. The number of nitrogens with one attached hydrogen (secondary N) is 2. The molecule has 0 fully saturated rings. The number of anilines is 1. The van der Waals surface area contributed by atoms with Crippen molar-refractivity contribution in [3.05, 3.63) is 132 Å². The SMILES string of the molecule is O=C(Nc1ccccc1C(=O)NCc1cccnc1)C(=Cc1ccccc1)c1ccccc1. The first-order valence-electron chi connectivity index (χ1n) is 10.6. The molecule has 4 rings (SSSR count). The van der Waals surface area contributed by atoms with Gasteiger partial charge in [-0.2, -0.15) is 0 Å². The van der Waals surface area contributed by atoms with Gasteiger partial charge in [-0.15, -0.1) is 0 Å². The van der Waals surface area contributed by atoms with Crippen LogP contribution in [0.4, 0.5) is 5.69 Å². The molecule has 5 nitrogen and oxygen atoms in total. The van der Waals surface area contributed by atoms with Crippen LogP contribution in [0.15, 0.2) is 109 Å². The maximum absolute atomic E-state index is 13.4. The number of hydrogen-bond acceptors (Lipinski definition) is 3. The van der Waals surface area contributed by atoms with Crippen molar-refractivity contribution < 1.29 is 9.59 Å². The lowest BCUT2D eigenvalue weighted by molar-refractivity contribution is -0.111. The topological polar surface area (TPSA) is 71.1 Å². The van der Waals surface area contributed by atoms with Crippen LogP contribution in [0.1, 0.15) is 27.0 Å². The zero-order valence-electron chi connectivity index (χ0n) is 17.9. The first-order chi connectivity index (χ1) is 16.2. The highest BCUT2D eigenvalue weighted by molar-refractivity contribution is 6.29. The van der Waals surface area contributed by atoms with Crippen molar-refractivity contribution in [3.63, 3.8) is 0 Å². The van der Waals surface area contributed by atoms with Gasteiger partial charge in [-0.3, -0.25) is 14.6 Å². The molecule has 33 heavy (non-hydrogen) atoms. The standard InChI is InChI=1S/C28H23N3O2/c32-27(30-20-22-12-9-17-29-19-22)24-15-7-8-16-26(24)31-28(33)25(23-13-5-2-6-14-23)18-21-10-3-1-4-11-21/h1-19H,20H2,(H,30,32)(H,31,33). The summed E-state index contributed by atoms with van der Waals surface area (Å²) in [5, 5.41) is 5.81. The summed E-state index contributed by atoms with van der Waals surface area (Å²) < 4.78 is 0. The number of nitrogens with zero attached hydrogens (tertiary/aromatic N) is 1. The van der Waals surface area contributed by atoms with Gasteiger partial charge in [-0.05, 0) is 41.0 Å². The first-order valence-corrected chi connectivity index (χ1v) is 10.6. The Morgan fingerprint density at radius 1 is 0.788 bits per heavy atom. The molecular weight excluding hydrogens is 410 g/mol. The van der Waals surface area contributed by atoms with Gasteiger partial charge in [0, 0.05) is 24.5 Å². The predicted octanol–water partition coefficient (Wildman–Crippen LogP) is 5.19. The molecule has 0 saturated heterocycles. The van der Waals surface area contributed by atoms with Crippen LogP contribution < -0.4 is 10.6 Å². The second kappa shape index (κ2) is 10.7. The number of pyridine rings is 1. The van der Waals surface area contributed by atoms with Crippen LogP contribution in [0.2, 0.25) is 0 Å². The summed E-state index contributed by atoms with van der Waals surface area (Å²) in [6, 6.07) is 29.8. The van der Waals surface area contributed by atoms with E-state index in [1.807, 2.05) is 78.9 Å². The van der Waals surface area contributed by atoms with E-state index >= 15 is 0 Å². The fourth-order valence-corrected chi connectivity index (χ4v) is 3.37. The Labute approximate surface area is 192 Å².